The van der Waals surface area contributed by atoms with Crippen LogP contribution in [-0.2, 0) is 20.9 Å². The number of fused-ring (bicyclic) bond motifs is 1. The van der Waals surface area contributed by atoms with Crippen LogP contribution in [0.3, 0.4) is 0 Å². The highest BCUT2D eigenvalue weighted by atomic mass is 79.9. The van der Waals surface area contributed by atoms with Crippen LogP contribution in [0, 0.1) is 17.8 Å². The van der Waals surface area contributed by atoms with Crippen LogP contribution in [0.2, 0.25) is 0 Å². The lowest BCUT2D eigenvalue weighted by Crippen LogP contribution is -2.61. The predicted octanol–water partition coefficient (Wildman–Crippen LogP) is 4.89. The smallest absolute Gasteiger partial charge is 0.247 e. The Morgan fingerprint density at radius 3 is 2.36 bits per heavy atom. The molecule has 0 saturated carbocycles. The molecule has 3 heterocycles. The fraction of sp³-hybridized carbons (Fsp3) is 0.606. The number of hydrogen-bond donors (Lipinski definition) is 1. The molecular formula is C33H46BrN3O4S. The van der Waals surface area contributed by atoms with Crippen molar-refractivity contribution in [2.24, 2.45) is 17.8 Å². The Kier molecular flexibility index (Phi) is 10.0. The summed E-state index contributed by atoms with van der Waals surface area (Å²) >= 11 is 5.51. The van der Waals surface area contributed by atoms with Crippen LogP contribution in [0.4, 0.5) is 0 Å². The molecule has 3 unspecified atom stereocenters. The fourth-order valence-electron chi connectivity index (χ4n) is 7.22. The topological polar surface area (TPSA) is 81.2 Å². The van der Waals surface area contributed by atoms with E-state index in [0.717, 1.165) is 5.56 Å². The van der Waals surface area contributed by atoms with Crippen molar-refractivity contribution in [1.29, 1.82) is 0 Å². The van der Waals surface area contributed by atoms with Crippen LogP contribution >= 0.6 is 27.7 Å². The van der Waals surface area contributed by atoms with Crippen molar-refractivity contribution in [3.05, 3.63) is 61.2 Å². The minimum absolute atomic E-state index is 0.0294. The lowest BCUT2D eigenvalue weighted by atomic mass is 9.70. The summed E-state index contributed by atoms with van der Waals surface area (Å²) in [5.41, 5.74) is 0.492. The summed E-state index contributed by atoms with van der Waals surface area (Å²) in [5.74, 6) is -1.46. The van der Waals surface area contributed by atoms with Crippen molar-refractivity contribution in [3.63, 3.8) is 0 Å². The molecule has 3 aliphatic heterocycles. The summed E-state index contributed by atoms with van der Waals surface area (Å²) in [6, 6.07) is 8.51. The van der Waals surface area contributed by atoms with Crippen LogP contribution in [0.5, 0.6) is 0 Å². The summed E-state index contributed by atoms with van der Waals surface area (Å²) < 4.78 is -0.783. The van der Waals surface area contributed by atoms with Gasteiger partial charge in [-0.3, -0.25) is 14.4 Å². The average molecular weight is 661 g/mol. The van der Waals surface area contributed by atoms with Crippen molar-refractivity contribution >= 4 is 45.4 Å². The molecule has 2 bridgehead atoms. The minimum Gasteiger partial charge on any atom is -0.394 e. The van der Waals surface area contributed by atoms with Gasteiger partial charge in [-0.25, -0.2) is 0 Å². The van der Waals surface area contributed by atoms with Gasteiger partial charge in [0.1, 0.15) is 6.04 Å². The third-order valence-electron chi connectivity index (χ3n) is 8.86. The summed E-state index contributed by atoms with van der Waals surface area (Å²) in [4.78, 5) is 49.1. The predicted molar refractivity (Wildman–Crippen MR) is 173 cm³/mol. The third-order valence-corrected chi connectivity index (χ3v) is 12.1. The number of carbonyl (C=O) groups is 3. The Bertz CT molecular complexity index is 1190. The number of benzene rings is 1. The largest absolute Gasteiger partial charge is 0.394 e. The molecule has 1 aromatic rings. The SMILES string of the molecule is C=CCN(Cc1ccccc1)C(=O)[C@H]1[C@H]2C(=O)N([C@@H](CO)CC(C)C)C(C(=O)N(CC=C)C(C)(C)C)C23CC(Br)[C@@H]1S3. The molecule has 1 aromatic carbocycles. The highest BCUT2D eigenvalue weighted by molar-refractivity contribution is 9.09. The van der Waals surface area contributed by atoms with E-state index in [1.807, 2.05) is 51.1 Å². The summed E-state index contributed by atoms with van der Waals surface area (Å²) in [7, 11) is 0. The summed E-state index contributed by atoms with van der Waals surface area (Å²) in [6.45, 7) is 18.7. The molecule has 7 nitrogen and oxygen atoms in total. The first-order chi connectivity index (χ1) is 19.8. The molecule has 3 amide bonds. The second-order valence-electron chi connectivity index (χ2n) is 13.3. The number of alkyl halides is 1. The number of rotatable bonds is 12. The third kappa shape index (κ3) is 5.85. The van der Waals surface area contributed by atoms with Crippen molar-refractivity contribution in [1.82, 2.24) is 14.7 Å². The van der Waals surface area contributed by atoms with E-state index in [0.29, 0.717) is 32.5 Å². The first kappa shape index (κ1) is 32.8. The molecule has 1 N–H and O–H groups in total. The zero-order valence-electron chi connectivity index (χ0n) is 25.5. The van der Waals surface area contributed by atoms with Crippen LogP contribution in [0.25, 0.3) is 0 Å². The van der Waals surface area contributed by atoms with Gasteiger partial charge in [0.2, 0.25) is 17.7 Å². The Balaban J connectivity index is 1.82. The van der Waals surface area contributed by atoms with Crippen LogP contribution in [0.15, 0.2) is 55.6 Å². The average Bonchev–Trinajstić information content (AvgIpc) is 3.52. The zero-order valence-corrected chi connectivity index (χ0v) is 27.9. The molecule has 1 spiro atoms. The van der Waals surface area contributed by atoms with Gasteiger partial charge in [-0.2, -0.15) is 0 Å². The highest BCUT2D eigenvalue weighted by Crippen LogP contribution is 2.68. The normalized spacial score (nSPS) is 29.0. The number of amides is 3. The Hall–Kier alpha value is -2.10. The number of halogens is 1. The van der Waals surface area contributed by atoms with Gasteiger partial charge in [0.05, 0.1) is 29.2 Å². The van der Waals surface area contributed by atoms with E-state index in [1.165, 1.54) is 0 Å². The Labute approximate surface area is 263 Å². The fourth-order valence-corrected chi connectivity index (χ4v) is 10.8. The number of hydrogen-bond acceptors (Lipinski definition) is 5. The van der Waals surface area contributed by atoms with Crippen molar-refractivity contribution in [3.8, 4) is 0 Å². The van der Waals surface area contributed by atoms with E-state index in [2.05, 4.69) is 42.9 Å². The summed E-state index contributed by atoms with van der Waals surface area (Å²) in [5, 5.41) is 10.5. The molecule has 9 heteroatoms. The maximum atomic E-state index is 14.7. The van der Waals surface area contributed by atoms with Gasteiger partial charge in [-0.1, -0.05) is 72.3 Å². The van der Waals surface area contributed by atoms with Crippen LogP contribution in [0.1, 0.15) is 53.0 Å². The van der Waals surface area contributed by atoms with E-state index in [9.17, 15) is 19.5 Å². The van der Waals surface area contributed by atoms with E-state index >= 15 is 0 Å². The maximum absolute atomic E-state index is 14.7. The zero-order chi connectivity index (χ0) is 31.0. The van der Waals surface area contributed by atoms with Crippen molar-refractivity contribution < 1.29 is 19.5 Å². The summed E-state index contributed by atoms with van der Waals surface area (Å²) in [6.07, 6.45) is 4.60. The molecule has 230 valence electrons. The van der Waals surface area contributed by atoms with Gasteiger partial charge in [0.25, 0.3) is 0 Å². The number of carbonyl (C=O) groups excluding carboxylic acids is 3. The van der Waals surface area contributed by atoms with Gasteiger partial charge in [0.15, 0.2) is 0 Å². The van der Waals surface area contributed by atoms with Gasteiger partial charge in [-0.05, 0) is 45.1 Å². The molecule has 42 heavy (non-hydrogen) atoms. The number of nitrogens with zero attached hydrogens (tertiary/aromatic N) is 3. The maximum Gasteiger partial charge on any atom is 0.247 e. The highest BCUT2D eigenvalue weighted by Gasteiger charge is 2.76. The van der Waals surface area contributed by atoms with E-state index < -0.39 is 34.2 Å². The monoisotopic (exact) mass is 659 g/mol. The van der Waals surface area contributed by atoms with Crippen LogP contribution in [-0.4, -0.2) is 89.7 Å². The molecular weight excluding hydrogens is 614 g/mol. The standard InChI is InChI=1S/C33H46BrN3O4S/c1-8-15-35(19-22-13-11-10-12-14-22)29(39)25-26-30(40)37(23(20-38)17-21(3)4)28(33(26)18-24(34)27(25)42-33)31(41)36(16-9-2)32(5,6)7/h8-14,21,23-28,38H,1-2,15-20H2,3-7H3/t23-,24?,25+,26+,27+,28?,33?/m1/s1. The molecule has 0 radical (unpaired) electrons. The number of thioether (sulfide) groups is 1. The molecule has 0 aliphatic carbocycles. The van der Waals surface area contributed by atoms with Crippen molar-refractivity contribution in [2.75, 3.05) is 19.7 Å². The number of likely N-dealkylation sites (tertiary alicyclic amines) is 1. The van der Waals surface area contributed by atoms with Gasteiger partial charge in [0, 0.05) is 35.3 Å². The first-order valence-electron chi connectivity index (χ1n) is 14.9. The second kappa shape index (κ2) is 12.9. The molecule has 7 atom stereocenters. The lowest BCUT2D eigenvalue weighted by Gasteiger charge is -2.44. The number of aliphatic hydroxyl groups excluding tert-OH is 1. The molecule has 3 fully saturated rings. The van der Waals surface area contributed by atoms with E-state index in [1.54, 1.807) is 38.6 Å². The molecule has 4 rings (SSSR count). The Morgan fingerprint density at radius 1 is 1.17 bits per heavy atom. The quantitative estimate of drug-likeness (QED) is 0.255. The first-order valence-corrected chi connectivity index (χ1v) is 16.7. The van der Waals surface area contributed by atoms with E-state index in [4.69, 9.17) is 0 Å². The van der Waals surface area contributed by atoms with Crippen molar-refractivity contribution in [2.45, 2.75) is 86.5 Å². The minimum atomic E-state index is -0.792. The van der Waals surface area contributed by atoms with E-state index in [-0.39, 0.29) is 40.3 Å². The number of aliphatic hydroxyl groups is 1. The lowest BCUT2D eigenvalue weighted by molar-refractivity contribution is -0.149. The second-order valence-corrected chi connectivity index (χ2v) is 16.0. The van der Waals surface area contributed by atoms with Gasteiger partial charge in [-0.15, -0.1) is 24.9 Å². The Morgan fingerprint density at radius 2 is 1.81 bits per heavy atom. The van der Waals surface area contributed by atoms with Gasteiger partial charge >= 0.3 is 0 Å². The molecule has 0 aromatic heterocycles. The van der Waals surface area contributed by atoms with Crippen LogP contribution < -0.4 is 0 Å². The molecule has 3 saturated heterocycles. The molecule has 3 aliphatic rings. The van der Waals surface area contributed by atoms with Gasteiger partial charge < -0.3 is 19.8 Å².